The normalized spacial score (nSPS) is 31.5. The van der Waals surface area contributed by atoms with Gasteiger partial charge in [-0.05, 0) is 19.4 Å². The van der Waals surface area contributed by atoms with Crippen LogP contribution >= 0.6 is 0 Å². The molecule has 1 heterocycles. The van der Waals surface area contributed by atoms with Crippen molar-refractivity contribution in [2.75, 3.05) is 6.54 Å². The van der Waals surface area contributed by atoms with Crippen LogP contribution in [0.4, 0.5) is 0 Å². The molecule has 2 heteroatoms. The summed E-state index contributed by atoms with van der Waals surface area (Å²) in [6.07, 6.45) is 2.37. The molecule has 0 aromatic carbocycles. The number of hydrogen-bond acceptors (Lipinski definition) is 2. The minimum absolute atomic E-state index is 0.392. The highest BCUT2D eigenvalue weighted by atomic mass is 15.0. The Labute approximate surface area is 50.4 Å². The summed E-state index contributed by atoms with van der Waals surface area (Å²) in [6, 6.07) is 1.02. The standard InChI is InChI=1S/C6H14N2/c1-2-5(7)6-3-4-8-6/h5-6,8H,2-4,7H2,1H3. The van der Waals surface area contributed by atoms with Gasteiger partial charge in [-0.25, -0.2) is 0 Å². The van der Waals surface area contributed by atoms with Crippen LogP contribution in [0.15, 0.2) is 0 Å². The van der Waals surface area contributed by atoms with Crippen molar-refractivity contribution in [1.82, 2.24) is 5.32 Å². The predicted molar refractivity (Wildman–Crippen MR) is 34.7 cm³/mol. The Morgan fingerprint density at radius 1 is 1.88 bits per heavy atom. The fourth-order valence-electron chi connectivity index (χ4n) is 0.961. The molecule has 1 aliphatic rings. The van der Waals surface area contributed by atoms with Crippen molar-refractivity contribution >= 4 is 0 Å². The van der Waals surface area contributed by atoms with E-state index in [4.69, 9.17) is 5.73 Å². The SMILES string of the molecule is CCC(N)C1CCN1. The molecule has 0 aromatic heterocycles. The number of nitrogens with two attached hydrogens (primary N) is 1. The van der Waals surface area contributed by atoms with Crippen LogP contribution in [0, 0.1) is 0 Å². The van der Waals surface area contributed by atoms with Crippen molar-refractivity contribution in [3.05, 3.63) is 0 Å². The molecule has 1 fully saturated rings. The highest BCUT2D eigenvalue weighted by molar-refractivity contribution is 4.85. The van der Waals surface area contributed by atoms with E-state index in [2.05, 4.69) is 12.2 Å². The quantitative estimate of drug-likeness (QED) is 0.533. The maximum absolute atomic E-state index is 5.72. The first kappa shape index (κ1) is 6.05. The fourth-order valence-corrected chi connectivity index (χ4v) is 0.961. The lowest BCUT2D eigenvalue weighted by molar-refractivity contribution is 0.311. The van der Waals surface area contributed by atoms with Gasteiger partial charge in [0.25, 0.3) is 0 Å². The first-order valence-corrected chi connectivity index (χ1v) is 3.33. The lowest BCUT2D eigenvalue weighted by atomic mass is 9.98. The maximum Gasteiger partial charge on any atom is 0.0231 e. The Balaban J connectivity index is 2.13. The summed E-state index contributed by atoms with van der Waals surface area (Å²) in [5.74, 6) is 0. The van der Waals surface area contributed by atoms with Crippen molar-refractivity contribution in [3.63, 3.8) is 0 Å². The van der Waals surface area contributed by atoms with Crippen LogP contribution in [0.3, 0.4) is 0 Å². The second-order valence-corrected chi connectivity index (χ2v) is 2.42. The van der Waals surface area contributed by atoms with Crippen LogP contribution in [0.2, 0.25) is 0 Å². The Morgan fingerprint density at radius 3 is 2.62 bits per heavy atom. The van der Waals surface area contributed by atoms with Crippen molar-refractivity contribution in [1.29, 1.82) is 0 Å². The smallest absolute Gasteiger partial charge is 0.0231 e. The van der Waals surface area contributed by atoms with Gasteiger partial charge in [-0.3, -0.25) is 0 Å². The van der Waals surface area contributed by atoms with Crippen LogP contribution < -0.4 is 11.1 Å². The van der Waals surface area contributed by atoms with E-state index in [0.717, 1.165) is 6.42 Å². The Morgan fingerprint density at radius 2 is 2.50 bits per heavy atom. The average Bonchev–Trinajstić information content (AvgIpc) is 1.62. The van der Waals surface area contributed by atoms with Crippen LogP contribution in [0.25, 0.3) is 0 Å². The van der Waals surface area contributed by atoms with Crippen molar-refractivity contribution in [2.24, 2.45) is 5.73 Å². The zero-order valence-electron chi connectivity index (χ0n) is 5.35. The molecule has 3 N–H and O–H groups in total. The van der Waals surface area contributed by atoms with Gasteiger partial charge in [-0.1, -0.05) is 6.92 Å². The van der Waals surface area contributed by atoms with Gasteiger partial charge >= 0.3 is 0 Å². The molecule has 48 valence electrons. The second kappa shape index (κ2) is 2.46. The average molecular weight is 114 g/mol. The summed E-state index contributed by atoms with van der Waals surface area (Å²) in [4.78, 5) is 0. The molecule has 2 nitrogen and oxygen atoms in total. The topological polar surface area (TPSA) is 38.0 Å². The largest absolute Gasteiger partial charge is 0.326 e. The predicted octanol–water partition coefficient (Wildman–Crippen LogP) is 0.0856. The molecule has 0 spiro atoms. The Bertz CT molecular complexity index is 66.2. The van der Waals surface area contributed by atoms with E-state index in [0.29, 0.717) is 12.1 Å². The molecule has 1 aliphatic heterocycles. The van der Waals surface area contributed by atoms with Crippen LogP contribution in [0.5, 0.6) is 0 Å². The van der Waals surface area contributed by atoms with Gasteiger partial charge in [0.05, 0.1) is 0 Å². The molecule has 0 radical (unpaired) electrons. The van der Waals surface area contributed by atoms with Crippen molar-refractivity contribution in [3.8, 4) is 0 Å². The molecule has 2 unspecified atom stereocenters. The Kier molecular flexibility index (Phi) is 1.86. The van der Waals surface area contributed by atoms with E-state index in [9.17, 15) is 0 Å². The molecule has 1 saturated heterocycles. The first-order valence-electron chi connectivity index (χ1n) is 3.33. The first-order chi connectivity index (χ1) is 3.84. The molecule has 0 saturated carbocycles. The van der Waals surface area contributed by atoms with Gasteiger partial charge in [-0.15, -0.1) is 0 Å². The molecule has 8 heavy (non-hydrogen) atoms. The lowest BCUT2D eigenvalue weighted by Gasteiger charge is -2.32. The van der Waals surface area contributed by atoms with Crippen LogP contribution in [0.1, 0.15) is 19.8 Å². The summed E-state index contributed by atoms with van der Waals surface area (Å²) in [6.45, 7) is 3.29. The van der Waals surface area contributed by atoms with E-state index >= 15 is 0 Å². The summed E-state index contributed by atoms with van der Waals surface area (Å²) in [7, 11) is 0. The highest BCUT2D eigenvalue weighted by Crippen LogP contribution is 2.06. The summed E-state index contributed by atoms with van der Waals surface area (Å²) in [5.41, 5.74) is 5.72. The Hall–Kier alpha value is -0.0800. The van der Waals surface area contributed by atoms with Gasteiger partial charge < -0.3 is 11.1 Å². The molecule has 2 atom stereocenters. The van der Waals surface area contributed by atoms with E-state index in [1.54, 1.807) is 0 Å². The summed E-state index contributed by atoms with van der Waals surface area (Å²) >= 11 is 0. The lowest BCUT2D eigenvalue weighted by Crippen LogP contribution is -2.53. The molecule has 0 amide bonds. The van der Waals surface area contributed by atoms with Gasteiger partial charge in [0.2, 0.25) is 0 Å². The fraction of sp³-hybridized carbons (Fsp3) is 1.00. The third kappa shape index (κ3) is 1.01. The molecule has 1 rings (SSSR count). The summed E-state index contributed by atoms with van der Waals surface area (Å²) < 4.78 is 0. The van der Waals surface area contributed by atoms with E-state index in [1.807, 2.05) is 0 Å². The van der Waals surface area contributed by atoms with E-state index in [-0.39, 0.29) is 0 Å². The van der Waals surface area contributed by atoms with Crippen LogP contribution in [-0.2, 0) is 0 Å². The van der Waals surface area contributed by atoms with Gasteiger partial charge in [0.1, 0.15) is 0 Å². The molecule has 0 bridgehead atoms. The maximum atomic E-state index is 5.72. The number of rotatable bonds is 2. The van der Waals surface area contributed by atoms with Gasteiger partial charge in [0, 0.05) is 12.1 Å². The van der Waals surface area contributed by atoms with Crippen molar-refractivity contribution < 1.29 is 0 Å². The van der Waals surface area contributed by atoms with Gasteiger partial charge in [0.15, 0.2) is 0 Å². The third-order valence-corrected chi connectivity index (χ3v) is 1.85. The van der Waals surface area contributed by atoms with Gasteiger partial charge in [-0.2, -0.15) is 0 Å². The second-order valence-electron chi connectivity index (χ2n) is 2.42. The van der Waals surface area contributed by atoms with E-state index < -0.39 is 0 Å². The zero-order chi connectivity index (χ0) is 5.98. The highest BCUT2D eigenvalue weighted by Gasteiger charge is 2.21. The zero-order valence-corrected chi connectivity index (χ0v) is 5.35. The van der Waals surface area contributed by atoms with Crippen molar-refractivity contribution in [2.45, 2.75) is 31.8 Å². The minimum atomic E-state index is 0.392. The minimum Gasteiger partial charge on any atom is -0.326 e. The number of nitrogens with one attached hydrogen (secondary N) is 1. The summed E-state index contributed by atoms with van der Waals surface area (Å²) in [5, 5.41) is 3.27. The van der Waals surface area contributed by atoms with Crippen LogP contribution in [-0.4, -0.2) is 18.6 Å². The molecule has 0 aliphatic carbocycles. The van der Waals surface area contributed by atoms with E-state index in [1.165, 1.54) is 13.0 Å². The monoisotopic (exact) mass is 114 g/mol. The number of hydrogen-bond donors (Lipinski definition) is 2. The third-order valence-electron chi connectivity index (χ3n) is 1.85. The molecular formula is C6H14N2. The molecular weight excluding hydrogens is 100 g/mol. The molecule has 0 aromatic rings.